The lowest BCUT2D eigenvalue weighted by Crippen LogP contribution is -2.40. The number of pyridine rings is 1. The Morgan fingerprint density at radius 3 is 2.67 bits per heavy atom. The standard InChI is InChI=1S/C22H22ClN7O3/c1-3-30-20-15(12-24-22(26-20)27-29-6-8-32-9-7-29)10-17(21(30)31)16-5-4-14(11-18(16)23)19-25-13(2)33-28-19/h4-5,10-12H,3,6-9H2,1-2H3,(H,24,26,27). The molecule has 1 fully saturated rings. The van der Waals surface area contributed by atoms with E-state index < -0.39 is 0 Å². The summed E-state index contributed by atoms with van der Waals surface area (Å²) < 4.78 is 12.0. The van der Waals surface area contributed by atoms with E-state index in [-0.39, 0.29) is 5.56 Å². The van der Waals surface area contributed by atoms with Crippen molar-refractivity contribution >= 4 is 28.6 Å². The van der Waals surface area contributed by atoms with Gasteiger partial charge in [0.1, 0.15) is 5.65 Å². The summed E-state index contributed by atoms with van der Waals surface area (Å²) in [6, 6.07) is 7.12. The molecule has 1 N–H and O–H groups in total. The summed E-state index contributed by atoms with van der Waals surface area (Å²) in [6.45, 7) is 6.85. The van der Waals surface area contributed by atoms with Crippen molar-refractivity contribution in [2.24, 2.45) is 0 Å². The van der Waals surface area contributed by atoms with Crippen LogP contribution in [0, 0.1) is 6.92 Å². The van der Waals surface area contributed by atoms with E-state index in [2.05, 4.69) is 25.5 Å². The maximum absolute atomic E-state index is 13.4. The lowest BCUT2D eigenvalue weighted by atomic mass is 10.0. The minimum atomic E-state index is -0.175. The van der Waals surface area contributed by atoms with Crippen molar-refractivity contribution in [3.63, 3.8) is 0 Å². The Hall–Kier alpha value is -3.34. The molecule has 4 aromatic rings. The van der Waals surface area contributed by atoms with Crippen LogP contribution in [0.15, 0.2) is 39.8 Å². The van der Waals surface area contributed by atoms with Gasteiger partial charge in [0.15, 0.2) is 0 Å². The lowest BCUT2D eigenvalue weighted by molar-refractivity contribution is 0.0493. The molecule has 3 aromatic heterocycles. The number of fused-ring (bicyclic) bond motifs is 1. The van der Waals surface area contributed by atoms with E-state index in [9.17, 15) is 4.79 Å². The average molecular weight is 468 g/mol. The largest absolute Gasteiger partial charge is 0.379 e. The first kappa shape index (κ1) is 21.5. The summed E-state index contributed by atoms with van der Waals surface area (Å²) in [7, 11) is 0. The number of aryl methyl sites for hydroxylation is 2. The minimum absolute atomic E-state index is 0.175. The molecule has 0 spiro atoms. The Labute approximate surface area is 194 Å². The lowest BCUT2D eigenvalue weighted by Gasteiger charge is -2.26. The smallest absolute Gasteiger partial charge is 0.260 e. The SMILES string of the molecule is CCn1c(=O)c(-c2ccc(-c3noc(C)n3)cc2Cl)cc2cnc(NN3CCOCC3)nc21. The van der Waals surface area contributed by atoms with Crippen LogP contribution in [0.1, 0.15) is 12.8 Å². The van der Waals surface area contributed by atoms with Gasteiger partial charge in [-0.1, -0.05) is 28.9 Å². The molecule has 0 saturated carbocycles. The summed E-state index contributed by atoms with van der Waals surface area (Å²) in [5.41, 5.74) is 5.38. The summed E-state index contributed by atoms with van der Waals surface area (Å²) in [6.07, 6.45) is 1.71. The maximum Gasteiger partial charge on any atom is 0.260 e. The maximum atomic E-state index is 13.4. The number of ether oxygens (including phenoxy) is 1. The van der Waals surface area contributed by atoms with Crippen LogP contribution in [0.5, 0.6) is 0 Å². The van der Waals surface area contributed by atoms with Crippen LogP contribution in [0.25, 0.3) is 33.5 Å². The number of nitrogens with one attached hydrogen (secondary N) is 1. The highest BCUT2D eigenvalue weighted by Crippen LogP contribution is 2.31. The predicted octanol–water partition coefficient (Wildman–Crippen LogP) is 3.15. The van der Waals surface area contributed by atoms with E-state index in [4.69, 9.17) is 20.9 Å². The Morgan fingerprint density at radius 2 is 1.97 bits per heavy atom. The minimum Gasteiger partial charge on any atom is -0.379 e. The first-order valence-electron chi connectivity index (χ1n) is 10.6. The van der Waals surface area contributed by atoms with Crippen LogP contribution in [-0.2, 0) is 11.3 Å². The van der Waals surface area contributed by atoms with Gasteiger partial charge in [-0.2, -0.15) is 9.97 Å². The summed E-state index contributed by atoms with van der Waals surface area (Å²) in [4.78, 5) is 26.7. The van der Waals surface area contributed by atoms with Gasteiger partial charge in [-0.3, -0.25) is 14.8 Å². The molecule has 0 atom stereocenters. The number of morpholine rings is 1. The fraction of sp³-hybridized carbons (Fsp3) is 0.318. The van der Waals surface area contributed by atoms with Crippen LogP contribution in [-0.4, -0.2) is 56.0 Å². The molecule has 10 nitrogen and oxygen atoms in total. The third-order valence-corrected chi connectivity index (χ3v) is 5.77. The molecule has 0 radical (unpaired) electrons. The Balaban J connectivity index is 1.54. The third-order valence-electron chi connectivity index (χ3n) is 5.46. The molecule has 1 aliphatic rings. The number of rotatable bonds is 5. The molecule has 170 valence electrons. The molecule has 33 heavy (non-hydrogen) atoms. The molecule has 1 aliphatic heterocycles. The monoisotopic (exact) mass is 467 g/mol. The van der Waals surface area contributed by atoms with E-state index in [0.717, 1.165) is 18.5 Å². The number of halogens is 1. The van der Waals surface area contributed by atoms with Gasteiger partial charge >= 0.3 is 0 Å². The van der Waals surface area contributed by atoms with Gasteiger partial charge in [0, 0.05) is 59.9 Å². The highest BCUT2D eigenvalue weighted by molar-refractivity contribution is 6.33. The van der Waals surface area contributed by atoms with Gasteiger partial charge in [-0.25, -0.2) is 9.99 Å². The molecule has 0 aliphatic carbocycles. The second-order valence-corrected chi connectivity index (χ2v) is 8.03. The van der Waals surface area contributed by atoms with Crippen molar-refractivity contribution in [1.82, 2.24) is 29.7 Å². The highest BCUT2D eigenvalue weighted by Gasteiger charge is 2.17. The van der Waals surface area contributed by atoms with E-state index in [1.54, 1.807) is 35.9 Å². The van der Waals surface area contributed by atoms with Crippen LogP contribution < -0.4 is 11.0 Å². The molecule has 5 rings (SSSR count). The van der Waals surface area contributed by atoms with Crippen molar-refractivity contribution in [1.29, 1.82) is 0 Å². The normalized spacial score (nSPS) is 14.6. The van der Waals surface area contributed by atoms with E-state index in [1.807, 2.05) is 18.0 Å². The van der Waals surface area contributed by atoms with Crippen LogP contribution >= 0.6 is 11.6 Å². The topological polar surface area (TPSA) is 111 Å². The molecule has 1 aromatic carbocycles. The summed E-state index contributed by atoms with van der Waals surface area (Å²) >= 11 is 6.58. The van der Waals surface area contributed by atoms with Crippen molar-refractivity contribution < 1.29 is 9.26 Å². The molecule has 0 bridgehead atoms. The summed E-state index contributed by atoms with van der Waals surface area (Å²) in [5.74, 6) is 1.35. The molecular formula is C22H22ClN7O3. The van der Waals surface area contributed by atoms with Gasteiger partial charge in [0.25, 0.3) is 5.56 Å². The fourth-order valence-electron chi connectivity index (χ4n) is 3.80. The fourth-order valence-corrected chi connectivity index (χ4v) is 4.09. The number of hydrogen-bond acceptors (Lipinski definition) is 9. The van der Waals surface area contributed by atoms with Crippen LogP contribution in [0.3, 0.4) is 0 Å². The zero-order valence-electron chi connectivity index (χ0n) is 18.2. The number of nitrogens with zero attached hydrogens (tertiary/aromatic N) is 6. The van der Waals surface area contributed by atoms with Gasteiger partial charge in [-0.15, -0.1) is 0 Å². The van der Waals surface area contributed by atoms with E-state index in [1.165, 1.54) is 0 Å². The molecule has 0 amide bonds. The van der Waals surface area contributed by atoms with Gasteiger partial charge < -0.3 is 9.26 Å². The van der Waals surface area contributed by atoms with Crippen molar-refractivity contribution in [2.75, 3.05) is 31.7 Å². The number of anilines is 1. The zero-order valence-corrected chi connectivity index (χ0v) is 19.0. The molecule has 0 unspecified atom stereocenters. The van der Waals surface area contributed by atoms with Crippen molar-refractivity contribution in [2.45, 2.75) is 20.4 Å². The second-order valence-electron chi connectivity index (χ2n) is 7.62. The third kappa shape index (κ3) is 4.20. The van der Waals surface area contributed by atoms with E-state index in [0.29, 0.717) is 64.8 Å². The number of hydrazine groups is 1. The van der Waals surface area contributed by atoms with Gasteiger partial charge in [0.2, 0.25) is 17.7 Å². The Kier molecular flexibility index (Phi) is 5.79. The van der Waals surface area contributed by atoms with Crippen LogP contribution in [0.4, 0.5) is 5.95 Å². The Morgan fingerprint density at radius 1 is 1.15 bits per heavy atom. The van der Waals surface area contributed by atoms with Crippen LogP contribution in [0.2, 0.25) is 5.02 Å². The summed E-state index contributed by atoms with van der Waals surface area (Å²) in [5, 5.41) is 7.08. The Bertz CT molecular complexity index is 1380. The highest BCUT2D eigenvalue weighted by atomic mass is 35.5. The van der Waals surface area contributed by atoms with Gasteiger partial charge in [0.05, 0.1) is 13.2 Å². The molecule has 11 heteroatoms. The first-order valence-corrected chi connectivity index (χ1v) is 11.0. The molecule has 4 heterocycles. The first-order chi connectivity index (χ1) is 16.0. The number of hydrogen-bond donors (Lipinski definition) is 1. The predicted molar refractivity (Wildman–Crippen MR) is 124 cm³/mol. The quantitative estimate of drug-likeness (QED) is 0.473. The van der Waals surface area contributed by atoms with Crippen molar-refractivity contribution in [3.05, 3.63) is 51.7 Å². The van der Waals surface area contributed by atoms with E-state index >= 15 is 0 Å². The van der Waals surface area contributed by atoms with Gasteiger partial charge in [-0.05, 0) is 19.1 Å². The number of benzene rings is 1. The average Bonchev–Trinajstić information content (AvgIpc) is 3.26. The van der Waals surface area contributed by atoms with Crippen molar-refractivity contribution in [3.8, 4) is 22.5 Å². The molecule has 1 saturated heterocycles. The second kappa shape index (κ2) is 8.89. The zero-order chi connectivity index (χ0) is 22.9. The number of aromatic nitrogens is 5. The molecular weight excluding hydrogens is 446 g/mol.